The van der Waals surface area contributed by atoms with Gasteiger partial charge in [-0.3, -0.25) is 20.4 Å². The Morgan fingerprint density at radius 1 is 0.545 bits per heavy atom. The number of allylic oxidation sites excluding steroid dienone is 2. The van der Waals surface area contributed by atoms with E-state index in [1.807, 2.05) is 0 Å². The van der Waals surface area contributed by atoms with Crippen molar-refractivity contribution in [2.45, 2.75) is 4.90 Å². The van der Waals surface area contributed by atoms with Gasteiger partial charge in [-0.15, -0.1) is 0 Å². The van der Waals surface area contributed by atoms with E-state index in [2.05, 4.69) is 21.1 Å². The molecular formula is C32H21N6Na3O11S3. The molecule has 55 heavy (non-hydrogen) atoms. The van der Waals surface area contributed by atoms with Crippen LogP contribution < -0.4 is 111 Å². The van der Waals surface area contributed by atoms with Crippen LogP contribution in [0.1, 0.15) is 31.8 Å². The number of fused-ring (bicyclic) bond motifs is 2. The smallest absolute Gasteiger partial charge is 0.744 e. The summed E-state index contributed by atoms with van der Waals surface area (Å²) in [4.78, 5) is 23.6. The van der Waals surface area contributed by atoms with Crippen LogP contribution in [-0.4, -0.2) is 61.9 Å². The quantitative estimate of drug-likeness (QED) is 0.0556. The molecule has 0 bridgehead atoms. The van der Waals surface area contributed by atoms with Crippen LogP contribution in [0.3, 0.4) is 0 Å². The molecule has 0 amide bonds. The van der Waals surface area contributed by atoms with Gasteiger partial charge in [0.25, 0.3) is 0 Å². The molecular weight excluding hydrogens is 810 g/mol. The van der Waals surface area contributed by atoms with Crippen molar-refractivity contribution in [1.82, 2.24) is 0 Å². The van der Waals surface area contributed by atoms with Gasteiger partial charge in [-0.25, -0.2) is 25.3 Å². The molecule has 0 spiro atoms. The number of hydrogen-bond donors (Lipinski definition) is 4. The number of Topliss-reactive ketones (excluding diaryl/α,β-unsaturated/α-hetero) is 2. The number of hydrogen-bond acceptors (Lipinski definition) is 17. The summed E-state index contributed by atoms with van der Waals surface area (Å²) in [5, 5.41) is 7.75. The molecule has 0 unspecified atom stereocenters. The summed E-state index contributed by atoms with van der Waals surface area (Å²) in [5.74, 6) is -1.91. The number of nitrogen functional groups attached to an aromatic ring is 2. The fourth-order valence-electron chi connectivity index (χ4n) is 5.27. The minimum atomic E-state index is -5.33. The van der Waals surface area contributed by atoms with Gasteiger partial charge in [0.15, 0.2) is 0 Å². The van der Waals surface area contributed by atoms with Crippen molar-refractivity contribution in [3.05, 3.63) is 111 Å². The van der Waals surface area contributed by atoms with E-state index < -0.39 is 73.7 Å². The second kappa shape index (κ2) is 17.6. The van der Waals surface area contributed by atoms with Gasteiger partial charge in [0.1, 0.15) is 41.8 Å². The molecule has 266 valence electrons. The number of nitrogens with two attached hydrogens (primary N) is 2. The summed E-state index contributed by atoms with van der Waals surface area (Å²) in [5.41, 5.74) is 16.5. The van der Waals surface area contributed by atoms with Crippen molar-refractivity contribution in [1.29, 1.82) is 0 Å². The molecule has 4 aromatic rings. The third kappa shape index (κ3) is 10.1. The first-order valence-corrected chi connectivity index (χ1v) is 18.7. The molecule has 0 aliphatic heterocycles. The van der Waals surface area contributed by atoms with Gasteiger partial charge in [0.05, 0.1) is 31.6 Å². The second-order valence-electron chi connectivity index (χ2n) is 11.2. The average molecular weight is 831 g/mol. The van der Waals surface area contributed by atoms with E-state index in [1.165, 1.54) is 30.3 Å². The van der Waals surface area contributed by atoms with Gasteiger partial charge in [-0.2, -0.15) is 10.2 Å². The number of rotatable bonds is 8. The normalized spacial score (nSPS) is 15.3. The van der Waals surface area contributed by atoms with Gasteiger partial charge in [-0.05, 0) is 82.9 Å². The summed E-state index contributed by atoms with van der Waals surface area (Å²) in [6, 6.07) is 18.5. The van der Waals surface area contributed by atoms with Crippen LogP contribution in [0, 0.1) is 0 Å². The second-order valence-corrected chi connectivity index (χ2v) is 15.2. The molecule has 0 saturated carbocycles. The Kier molecular flexibility index (Phi) is 14.9. The molecule has 17 nitrogen and oxygen atoms in total. The third-order valence-electron chi connectivity index (χ3n) is 7.72. The Morgan fingerprint density at radius 3 is 1.45 bits per heavy atom. The number of nitrogens with one attached hydrogen (secondary N) is 2. The molecule has 0 saturated heterocycles. The van der Waals surface area contributed by atoms with Crippen LogP contribution in [0.2, 0.25) is 0 Å². The molecule has 0 aromatic heterocycles. The molecule has 0 atom stereocenters. The molecule has 23 heteroatoms. The number of nitrogens with zero attached hydrogens (tertiary/aromatic N) is 2. The topological polar surface area (TPSA) is 307 Å². The van der Waals surface area contributed by atoms with E-state index in [-0.39, 0.29) is 122 Å². The van der Waals surface area contributed by atoms with Crippen molar-refractivity contribution in [2.24, 2.45) is 10.2 Å². The number of ketones is 2. The molecule has 0 radical (unpaired) electrons. The summed E-state index contributed by atoms with van der Waals surface area (Å²) < 4.78 is 106. The zero-order valence-electron chi connectivity index (χ0n) is 28.9. The monoisotopic (exact) mass is 830 g/mol. The van der Waals surface area contributed by atoms with Crippen LogP contribution in [0.15, 0.2) is 104 Å². The van der Waals surface area contributed by atoms with Crippen molar-refractivity contribution < 1.29 is 137 Å². The maximum absolute atomic E-state index is 13.2. The van der Waals surface area contributed by atoms with Crippen LogP contribution in [0.5, 0.6) is 0 Å². The maximum Gasteiger partial charge on any atom is 1.00 e. The molecule has 0 fully saturated rings. The van der Waals surface area contributed by atoms with E-state index in [1.54, 1.807) is 36.4 Å². The van der Waals surface area contributed by atoms with Crippen molar-refractivity contribution in [3.63, 3.8) is 0 Å². The van der Waals surface area contributed by atoms with Crippen LogP contribution in [-0.2, 0) is 30.4 Å². The summed E-state index contributed by atoms with van der Waals surface area (Å²) >= 11 is 0. The zero-order chi connectivity index (χ0) is 37.7. The van der Waals surface area contributed by atoms with Gasteiger partial charge in [0, 0.05) is 16.9 Å². The van der Waals surface area contributed by atoms with Crippen molar-refractivity contribution in [2.75, 3.05) is 22.3 Å². The summed E-state index contributed by atoms with van der Waals surface area (Å²) in [6.45, 7) is 0. The molecule has 0 heterocycles. The number of hydrazone groups is 2. The molecule has 6 rings (SSSR count). The van der Waals surface area contributed by atoms with Gasteiger partial charge < -0.3 is 25.1 Å². The van der Waals surface area contributed by atoms with E-state index in [0.717, 1.165) is 18.2 Å². The minimum absolute atomic E-state index is 0. The Hall–Kier alpha value is -3.03. The van der Waals surface area contributed by atoms with Crippen LogP contribution in [0.25, 0.3) is 23.3 Å². The van der Waals surface area contributed by atoms with Crippen molar-refractivity contribution >= 4 is 88.2 Å². The van der Waals surface area contributed by atoms with E-state index >= 15 is 0 Å². The predicted molar refractivity (Wildman–Crippen MR) is 188 cm³/mol. The van der Waals surface area contributed by atoms with Crippen LogP contribution >= 0.6 is 0 Å². The van der Waals surface area contributed by atoms with Gasteiger partial charge >= 0.3 is 88.7 Å². The van der Waals surface area contributed by atoms with Gasteiger partial charge in [0.2, 0.25) is 11.6 Å². The number of carbonyl (C=O) groups excluding carboxylic acids is 2. The Balaban J connectivity index is 0.00000271. The Labute approximate surface area is 380 Å². The fourth-order valence-corrected chi connectivity index (χ4v) is 7.11. The first kappa shape index (κ1) is 46.4. The summed E-state index contributed by atoms with van der Waals surface area (Å²) in [7, 11) is -15.4. The molecule has 4 aromatic carbocycles. The van der Waals surface area contributed by atoms with Crippen LogP contribution in [0.4, 0.5) is 22.7 Å². The van der Waals surface area contributed by atoms with E-state index in [0.29, 0.717) is 22.9 Å². The van der Waals surface area contributed by atoms with Crippen molar-refractivity contribution in [3.8, 4) is 11.1 Å². The molecule has 2 aliphatic carbocycles. The Morgan fingerprint density at radius 2 is 1.00 bits per heavy atom. The average Bonchev–Trinajstić information content (AvgIpc) is 3.06. The fraction of sp³-hybridized carbons (Fsp3) is 0. The first-order chi connectivity index (χ1) is 24.3. The zero-order valence-corrected chi connectivity index (χ0v) is 37.4. The van der Waals surface area contributed by atoms with Gasteiger partial charge in [-0.1, -0.05) is 30.3 Å². The molecule has 6 N–H and O–H groups in total. The number of benzene rings is 4. The number of anilines is 4. The number of carbonyl (C=O) groups is 2. The first-order valence-electron chi connectivity index (χ1n) is 14.4. The van der Waals surface area contributed by atoms with E-state index in [4.69, 9.17) is 11.5 Å². The summed E-state index contributed by atoms with van der Waals surface area (Å²) in [6.07, 6.45) is 1.76. The molecule has 2 aliphatic rings. The maximum atomic E-state index is 13.2. The predicted octanol–water partition coefficient (Wildman–Crippen LogP) is -6.46. The standard InChI is InChI=1S/C32H24N6O11S3.3Na/c33-20-6-1-18-12-26(51(44,45)46)29(31(39)24(18)14-20)37-35-21-7-2-16(3-8-21)17-4-9-22(10-5-17)36-38-30-27(52(47,48)49)13-19-11-23(50(41,42)43)15-25(34)28(19)32(30)40;;;/h1-15,35-36H,33-34H2,(H,41,42,43)(H,44,45,46)(H,47,48,49);;;/q;3*+1/p-3/b37-29+,38-30-;;;. The minimum Gasteiger partial charge on any atom is -0.744 e. The largest absolute Gasteiger partial charge is 1.00 e. The van der Waals surface area contributed by atoms with E-state index in [9.17, 15) is 48.5 Å². The third-order valence-corrected chi connectivity index (χ3v) is 10.2. The SMILES string of the molecule is Nc1ccc2c(c1)C(=O)/C(=N/Nc1ccc(-c3ccc(N/N=C4\C(=O)c5c(N)cc(S(=O)(=O)[O-])cc5C=C4S(=O)(=O)[O-])cc3)cc1)C(S(=O)(=O)[O-])=C2.[Na+].[Na+].[Na+]. The Bertz CT molecular complexity index is 2700.